The van der Waals surface area contributed by atoms with Gasteiger partial charge in [-0.05, 0) is 38.0 Å². The van der Waals surface area contributed by atoms with Crippen molar-refractivity contribution in [2.75, 3.05) is 13.1 Å². The number of carbonyl (C=O) groups is 2. The molecule has 0 aliphatic carbocycles. The summed E-state index contributed by atoms with van der Waals surface area (Å²) in [7, 11) is 0. The van der Waals surface area contributed by atoms with Crippen LogP contribution in [0.25, 0.3) is 0 Å². The van der Waals surface area contributed by atoms with Crippen LogP contribution < -0.4 is 10.6 Å². The molecular weight excluding hydrogens is 354 g/mol. The fraction of sp³-hybridized carbons (Fsp3) is 0.476. The molecule has 2 N–H and O–H groups in total. The molecule has 28 heavy (non-hydrogen) atoms. The number of amides is 2. The van der Waals surface area contributed by atoms with Crippen LogP contribution in [0.4, 0.5) is 0 Å². The zero-order chi connectivity index (χ0) is 20.3. The molecule has 0 saturated carbocycles. The van der Waals surface area contributed by atoms with Gasteiger partial charge in [-0.15, -0.1) is 0 Å². The Hall–Kier alpha value is -2.67. The maximum atomic E-state index is 12.6. The van der Waals surface area contributed by atoms with E-state index >= 15 is 0 Å². The summed E-state index contributed by atoms with van der Waals surface area (Å²) in [5, 5.41) is 10.4. The van der Waals surface area contributed by atoms with Crippen LogP contribution >= 0.6 is 0 Å². The van der Waals surface area contributed by atoms with Crippen LogP contribution in [-0.4, -0.2) is 39.6 Å². The van der Waals surface area contributed by atoms with Crippen molar-refractivity contribution >= 4 is 11.8 Å². The van der Waals surface area contributed by atoms with E-state index in [4.69, 9.17) is 0 Å². The average molecular weight is 383 g/mol. The highest BCUT2D eigenvalue weighted by molar-refractivity contribution is 5.78. The smallest absolute Gasteiger partial charge is 0.234 e. The van der Waals surface area contributed by atoms with Gasteiger partial charge in [0, 0.05) is 20.0 Å². The molecule has 7 heteroatoms. The number of aromatic nitrogens is 2. The lowest BCUT2D eigenvalue weighted by Crippen LogP contribution is -2.42. The SMILES string of the molecule is CC(=O)NCc1cc2n(n1)CCN(CC(=O)N[C@H](C)c1cc(C)ccc1C)C2. The maximum absolute atomic E-state index is 12.6. The van der Waals surface area contributed by atoms with Crippen molar-refractivity contribution in [3.8, 4) is 0 Å². The quantitative estimate of drug-likeness (QED) is 0.798. The first-order chi connectivity index (χ1) is 13.3. The van der Waals surface area contributed by atoms with E-state index in [1.54, 1.807) is 0 Å². The molecule has 3 rings (SSSR count). The van der Waals surface area contributed by atoms with Crippen LogP contribution in [0.1, 0.15) is 48.0 Å². The van der Waals surface area contributed by atoms with Crippen molar-refractivity contribution < 1.29 is 9.59 Å². The van der Waals surface area contributed by atoms with Gasteiger partial charge >= 0.3 is 0 Å². The van der Waals surface area contributed by atoms with Gasteiger partial charge in [-0.2, -0.15) is 5.10 Å². The van der Waals surface area contributed by atoms with Gasteiger partial charge in [0.25, 0.3) is 0 Å². The van der Waals surface area contributed by atoms with Crippen molar-refractivity contribution in [2.24, 2.45) is 0 Å². The first-order valence-electron chi connectivity index (χ1n) is 9.70. The number of hydrogen-bond donors (Lipinski definition) is 2. The summed E-state index contributed by atoms with van der Waals surface area (Å²) in [6, 6.07) is 8.30. The van der Waals surface area contributed by atoms with Crippen molar-refractivity contribution in [2.45, 2.75) is 53.4 Å². The first kappa shape index (κ1) is 20.1. The van der Waals surface area contributed by atoms with Crippen LogP contribution in [0.2, 0.25) is 0 Å². The summed E-state index contributed by atoms with van der Waals surface area (Å²) >= 11 is 0. The molecule has 0 spiro atoms. The van der Waals surface area contributed by atoms with Crippen LogP contribution in [0.3, 0.4) is 0 Å². The van der Waals surface area contributed by atoms with E-state index in [1.807, 2.05) is 17.7 Å². The Bertz CT molecular complexity index is 874. The van der Waals surface area contributed by atoms with Crippen molar-refractivity contribution in [1.82, 2.24) is 25.3 Å². The number of rotatable bonds is 6. The van der Waals surface area contributed by atoms with E-state index in [9.17, 15) is 9.59 Å². The maximum Gasteiger partial charge on any atom is 0.234 e. The zero-order valence-corrected chi connectivity index (χ0v) is 17.1. The number of nitrogens with zero attached hydrogens (tertiary/aromatic N) is 3. The number of aryl methyl sites for hydroxylation is 2. The molecule has 1 atom stereocenters. The topological polar surface area (TPSA) is 79.3 Å². The fourth-order valence-electron chi connectivity index (χ4n) is 3.61. The Kier molecular flexibility index (Phi) is 6.14. The van der Waals surface area contributed by atoms with E-state index in [0.717, 1.165) is 30.0 Å². The van der Waals surface area contributed by atoms with Gasteiger partial charge in [0.05, 0.1) is 37.1 Å². The molecule has 1 aliphatic heterocycles. The molecular formula is C21H29N5O2. The Morgan fingerprint density at radius 3 is 2.75 bits per heavy atom. The van der Waals surface area contributed by atoms with E-state index in [0.29, 0.717) is 19.6 Å². The largest absolute Gasteiger partial charge is 0.351 e. The Labute approximate surface area is 166 Å². The number of hydrogen-bond acceptors (Lipinski definition) is 4. The monoisotopic (exact) mass is 383 g/mol. The molecule has 0 saturated heterocycles. The van der Waals surface area contributed by atoms with Gasteiger partial charge in [0.15, 0.2) is 0 Å². The van der Waals surface area contributed by atoms with Gasteiger partial charge in [-0.1, -0.05) is 23.8 Å². The number of fused-ring (bicyclic) bond motifs is 1. The minimum absolute atomic E-state index is 0.0213. The zero-order valence-electron chi connectivity index (χ0n) is 17.1. The van der Waals surface area contributed by atoms with Crippen LogP contribution in [-0.2, 0) is 29.2 Å². The summed E-state index contributed by atoms with van der Waals surface area (Å²) in [6.07, 6.45) is 0. The second-order valence-electron chi connectivity index (χ2n) is 7.62. The molecule has 0 fully saturated rings. The standard InChI is InChI=1S/C21H29N5O2/c1-14-5-6-15(2)20(9-14)16(3)23-21(28)13-25-7-8-26-19(12-25)10-18(24-26)11-22-17(4)27/h5-6,9-10,16H,7-8,11-13H2,1-4H3,(H,22,27)(H,23,28)/t16-/m1/s1. The minimum atomic E-state index is -0.0674. The van der Waals surface area contributed by atoms with Crippen molar-refractivity contribution in [1.29, 1.82) is 0 Å². The summed E-state index contributed by atoms with van der Waals surface area (Å²) in [6.45, 7) is 10.7. The molecule has 0 unspecified atom stereocenters. The van der Waals surface area contributed by atoms with Gasteiger partial charge in [0.1, 0.15) is 0 Å². The third kappa shape index (κ3) is 4.98. The van der Waals surface area contributed by atoms with Gasteiger partial charge in [-0.25, -0.2) is 0 Å². The Morgan fingerprint density at radius 2 is 2.00 bits per heavy atom. The van der Waals surface area contributed by atoms with Crippen LogP contribution in [0.15, 0.2) is 24.3 Å². The summed E-state index contributed by atoms with van der Waals surface area (Å²) in [5.74, 6) is -0.0397. The number of carbonyl (C=O) groups excluding carboxylic acids is 2. The summed E-state index contributed by atoms with van der Waals surface area (Å²) in [5.41, 5.74) is 5.46. The molecule has 7 nitrogen and oxygen atoms in total. The minimum Gasteiger partial charge on any atom is -0.351 e. The highest BCUT2D eigenvalue weighted by Crippen LogP contribution is 2.19. The van der Waals surface area contributed by atoms with Gasteiger partial charge in [0.2, 0.25) is 11.8 Å². The predicted octanol–water partition coefficient (Wildman–Crippen LogP) is 1.83. The van der Waals surface area contributed by atoms with Gasteiger partial charge in [-0.3, -0.25) is 19.2 Å². The predicted molar refractivity (Wildman–Crippen MR) is 107 cm³/mol. The lowest BCUT2D eigenvalue weighted by atomic mass is 10.00. The molecule has 150 valence electrons. The van der Waals surface area contributed by atoms with E-state index in [-0.39, 0.29) is 17.9 Å². The van der Waals surface area contributed by atoms with E-state index < -0.39 is 0 Å². The first-order valence-corrected chi connectivity index (χ1v) is 9.70. The lowest BCUT2D eigenvalue weighted by molar-refractivity contribution is -0.123. The highest BCUT2D eigenvalue weighted by Gasteiger charge is 2.21. The molecule has 1 aromatic carbocycles. The fourth-order valence-corrected chi connectivity index (χ4v) is 3.61. The molecule has 0 bridgehead atoms. The van der Waals surface area contributed by atoms with Gasteiger partial charge < -0.3 is 10.6 Å². The molecule has 2 aromatic rings. The molecule has 2 amide bonds. The molecule has 1 aromatic heterocycles. The Morgan fingerprint density at radius 1 is 1.21 bits per heavy atom. The third-order valence-corrected chi connectivity index (χ3v) is 5.09. The third-order valence-electron chi connectivity index (χ3n) is 5.09. The normalized spacial score (nSPS) is 15.0. The molecule has 2 heterocycles. The highest BCUT2D eigenvalue weighted by atomic mass is 16.2. The Balaban J connectivity index is 1.55. The van der Waals surface area contributed by atoms with E-state index in [1.165, 1.54) is 18.1 Å². The van der Waals surface area contributed by atoms with E-state index in [2.05, 4.69) is 52.7 Å². The second-order valence-corrected chi connectivity index (χ2v) is 7.62. The van der Waals surface area contributed by atoms with Crippen LogP contribution in [0.5, 0.6) is 0 Å². The second kappa shape index (κ2) is 8.56. The molecule has 0 radical (unpaired) electrons. The summed E-state index contributed by atoms with van der Waals surface area (Å²) < 4.78 is 1.96. The van der Waals surface area contributed by atoms with Crippen molar-refractivity contribution in [3.05, 3.63) is 52.3 Å². The average Bonchev–Trinajstić information content (AvgIpc) is 3.04. The van der Waals surface area contributed by atoms with Crippen molar-refractivity contribution in [3.63, 3.8) is 0 Å². The van der Waals surface area contributed by atoms with Crippen LogP contribution in [0, 0.1) is 13.8 Å². The summed E-state index contributed by atoms with van der Waals surface area (Å²) in [4.78, 5) is 25.8. The molecule has 1 aliphatic rings. The number of benzene rings is 1. The lowest BCUT2D eigenvalue weighted by Gasteiger charge is -2.27. The number of nitrogens with one attached hydrogen (secondary N) is 2.